The van der Waals surface area contributed by atoms with Crippen LogP contribution >= 0.6 is 0 Å². The topological polar surface area (TPSA) is 34.1 Å². The van der Waals surface area contributed by atoms with Crippen LogP contribution in [0.5, 0.6) is 0 Å². The predicted octanol–water partition coefficient (Wildman–Crippen LogP) is 3.83. The normalized spacial score (nSPS) is 11.7. The average molecular weight is 296 g/mol. The molecular weight excluding hydrogens is 280 g/mol. The molecule has 0 spiro atoms. The Morgan fingerprint density at radius 2 is 1.48 bits per heavy atom. The number of rotatable bonds is 3. The average Bonchev–Trinajstić information content (AvgIpc) is 2.47. The summed E-state index contributed by atoms with van der Waals surface area (Å²) in [5.74, 6) is 0. The summed E-state index contributed by atoms with van der Waals surface area (Å²) in [6, 6.07) is 21.7. The molecule has 0 unspecified atom stereocenters. The molecule has 3 heteroatoms. The van der Waals surface area contributed by atoms with E-state index in [0.29, 0.717) is 4.90 Å². The minimum atomic E-state index is -3.13. The van der Waals surface area contributed by atoms with Crippen LogP contribution in [0.1, 0.15) is 11.1 Å². The lowest BCUT2D eigenvalue weighted by atomic mass is 9.99. The first-order chi connectivity index (χ1) is 10.0. The van der Waals surface area contributed by atoms with Gasteiger partial charge in [0.05, 0.1) is 4.90 Å². The van der Waals surface area contributed by atoms with Crippen molar-refractivity contribution in [2.24, 2.45) is 0 Å². The molecule has 0 saturated heterocycles. The highest BCUT2D eigenvalue weighted by atomic mass is 32.2. The van der Waals surface area contributed by atoms with E-state index in [9.17, 15) is 8.42 Å². The van der Waals surface area contributed by atoms with Gasteiger partial charge in [-0.25, -0.2) is 8.42 Å². The Labute approximate surface area is 125 Å². The van der Waals surface area contributed by atoms with Gasteiger partial charge in [-0.3, -0.25) is 0 Å². The summed E-state index contributed by atoms with van der Waals surface area (Å²) in [6.07, 6.45) is 2.03. The second kappa shape index (κ2) is 5.34. The van der Waals surface area contributed by atoms with Crippen molar-refractivity contribution in [2.75, 3.05) is 6.26 Å². The van der Waals surface area contributed by atoms with E-state index in [1.54, 1.807) is 12.1 Å². The zero-order chi connectivity index (χ0) is 14.9. The molecule has 0 fully saturated rings. The molecule has 0 N–H and O–H groups in total. The molecule has 3 aromatic carbocycles. The maximum Gasteiger partial charge on any atom is 0.175 e. The van der Waals surface area contributed by atoms with Crippen molar-refractivity contribution in [3.05, 3.63) is 77.9 Å². The van der Waals surface area contributed by atoms with Gasteiger partial charge in [0.25, 0.3) is 0 Å². The lowest BCUT2D eigenvalue weighted by molar-refractivity contribution is 0.602. The highest BCUT2D eigenvalue weighted by Crippen LogP contribution is 2.22. The highest BCUT2D eigenvalue weighted by Gasteiger charge is 2.07. The maximum atomic E-state index is 11.5. The van der Waals surface area contributed by atoms with Gasteiger partial charge in [-0.2, -0.15) is 0 Å². The molecule has 0 aliphatic heterocycles. The van der Waals surface area contributed by atoms with E-state index in [0.717, 1.165) is 12.0 Å². The Bertz CT molecular complexity index is 873. The van der Waals surface area contributed by atoms with Crippen molar-refractivity contribution in [3.8, 4) is 0 Å². The van der Waals surface area contributed by atoms with Crippen LogP contribution in [0.4, 0.5) is 0 Å². The van der Waals surface area contributed by atoms with Gasteiger partial charge >= 0.3 is 0 Å². The van der Waals surface area contributed by atoms with E-state index in [-0.39, 0.29) is 0 Å². The van der Waals surface area contributed by atoms with Gasteiger partial charge in [-0.15, -0.1) is 0 Å². The first-order valence-electron chi connectivity index (χ1n) is 6.80. The Morgan fingerprint density at radius 1 is 0.810 bits per heavy atom. The molecule has 0 radical (unpaired) electrons. The molecule has 0 atom stereocenters. The lowest BCUT2D eigenvalue weighted by Gasteiger charge is -2.07. The Balaban J connectivity index is 1.96. The summed E-state index contributed by atoms with van der Waals surface area (Å²) < 4.78 is 23.0. The van der Waals surface area contributed by atoms with E-state index in [1.165, 1.54) is 22.6 Å². The van der Waals surface area contributed by atoms with Gasteiger partial charge in [0.15, 0.2) is 9.84 Å². The van der Waals surface area contributed by atoms with Gasteiger partial charge in [0, 0.05) is 6.26 Å². The summed E-state index contributed by atoms with van der Waals surface area (Å²) in [7, 11) is -3.13. The van der Waals surface area contributed by atoms with Crippen LogP contribution in [0.2, 0.25) is 0 Å². The fraction of sp³-hybridized carbons (Fsp3) is 0.111. The molecule has 3 aromatic rings. The van der Waals surface area contributed by atoms with E-state index in [1.807, 2.05) is 24.3 Å². The molecule has 0 saturated carbocycles. The second-order valence-electron chi connectivity index (χ2n) is 5.23. The fourth-order valence-electron chi connectivity index (χ4n) is 2.52. The number of fused-ring (bicyclic) bond motifs is 1. The fourth-order valence-corrected chi connectivity index (χ4v) is 3.15. The first-order valence-corrected chi connectivity index (χ1v) is 8.69. The quantitative estimate of drug-likeness (QED) is 0.736. The van der Waals surface area contributed by atoms with Gasteiger partial charge < -0.3 is 0 Å². The monoisotopic (exact) mass is 296 g/mol. The number of hydrogen-bond acceptors (Lipinski definition) is 2. The predicted molar refractivity (Wildman–Crippen MR) is 86.3 cm³/mol. The lowest BCUT2D eigenvalue weighted by Crippen LogP contribution is -1.97. The van der Waals surface area contributed by atoms with Gasteiger partial charge in [0.2, 0.25) is 0 Å². The summed E-state index contributed by atoms with van der Waals surface area (Å²) in [4.78, 5) is 0.365. The van der Waals surface area contributed by atoms with E-state index in [2.05, 4.69) is 30.3 Å². The molecule has 21 heavy (non-hydrogen) atoms. The smallest absolute Gasteiger partial charge is 0.175 e. The number of benzene rings is 3. The van der Waals surface area contributed by atoms with Crippen LogP contribution in [0.15, 0.2) is 71.6 Å². The van der Waals surface area contributed by atoms with Crippen molar-refractivity contribution >= 4 is 20.6 Å². The third-order valence-electron chi connectivity index (χ3n) is 3.63. The molecule has 0 aromatic heterocycles. The zero-order valence-electron chi connectivity index (χ0n) is 11.8. The maximum absolute atomic E-state index is 11.5. The van der Waals surface area contributed by atoms with Crippen LogP contribution in [0.25, 0.3) is 10.8 Å². The molecule has 0 heterocycles. The second-order valence-corrected chi connectivity index (χ2v) is 7.25. The van der Waals surface area contributed by atoms with Crippen LogP contribution in [0, 0.1) is 0 Å². The summed E-state index contributed by atoms with van der Waals surface area (Å²) in [5, 5.41) is 2.47. The number of hydrogen-bond donors (Lipinski definition) is 0. The van der Waals surface area contributed by atoms with Crippen molar-refractivity contribution in [2.45, 2.75) is 11.3 Å². The van der Waals surface area contributed by atoms with E-state index >= 15 is 0 Å². The molecular formula is C18H16O2S. The van der Waals surface area contributed by atoms with Crippen LogP contribution in [-0.4, -0.2) is 14.7 Å². The molecule has 106 valence electrons. The zero-order valence-corrected chi connectivity index (χ0v) is 12.6. The third kappa shape index (κ3) is 2.98. The van der Waals surface area contributed by atoms with Crippen LogP contribution in [-0.2, 0) is 16.3 Å². The minimum absolute atomic E-state index is 0.365. The standard InChI is InChI=1S/C18H16O2S/c1-21(19,20)17-11-9-14(10-12-17)13-16-7-4-6-15-5-2-3-8-18(15)16/h2-12H,13H2,1H3. The van der Waals surface area contributed by atoms with E-state index < -0.39 is 9.84 Å². The summed E-state index contributed by atoms with van der Waals surface area (Å²) in [5.41, 5.74) is 2.36. The van der Waals surface area contributed by atoms with Crippen molar-refractivity contribution in [1.29, 1.82) is 0 Å². The Morgan fingerprint density at radius 3 is 2.19 bits per heavy atom. The van der Waals surface area contributed by atoms with Gasteiger partial charge in [-0.05, 0) is 40.5 Å². The third-order valence-corrected chi connectivity index (χ3v) is 4.75. The van der Waals surface area contributed by atoms with E-state index in [4.69, 9.17) is 0 Å². The molecule has 0 bridgehead atoms. The van der Waals surface area contributed by atoms with Crippen LogP contribution in [0.3, 0.4) is 0 Å². The number of sulfone groups is 1. The van der Waals surface area contributed by atoms with Gasteiger partial charge in [0.1, 0.15) is 0 Å². The Kier molecular flexibility index (Phi) is 3.52. The van der Waals surface area contributed by atoms with Crippen molar-refractivity contribution in [1.82, 2.24) is 0 Å². The Hall–Kier alpha value is -2.13. The van der Waals surface area contributed by atoms with Gasteiger partial charge in [-0.1, -0.05) is 54.6 Å². The van der Waals surface area contributed by atoms with Crippen LogP contribution < -0.4 is 0 Å². The largest absolute Gasteiger partial charge is 0.224 e. The van der Waals surface area contributed by atoms with Crippen molar-refractivity contribution in [3.63, 3.8) is 0 Å². The molecule has 0 aliphatic rings. The summed E-state index contributed by atoms with van der Waals surface area (Å²) >= 11 is 0. The molecule has 3 rings (SSSR count). The minimum Gasteiger partial charge on any atom is -0.224 e. The molecule has 0 aliphatic carbocycles. The summed E-state index contributed by atoms with van der Waals surface area (Å²) in [6.45, 7) is 0. The van der Waals surface area contributed by atoms with Crippen molar-refractivity contribution < 1.29 is 8.42 Å². The molecule has 0 amide bonds. The highest BCUT2D eigenvalue weighted by molar-refractivity contribution is 7.90. The molecule has 2 nitrogen and oxygen atoms in total. The SMILES string of the molecule is CS(=O)(=O)c1ccc(Cc2cccc3ccccc23)cc1. The first kappa shape index (κ1) is 13.8.